The van der Waals surface area contributed by atoms with Gasteiger partial charge < -0.3 is 10.1 Å². The van der Waals surface area contributed by atoms with Gasteiger partial charge in [-0.3, -0.25) is 9.10 Å². The monoisotopic (exact) mass is 528 g/mol. The van der Waals surface area contributed by atoms with Gasteiger partial charge in [-0.05, 0) is 60.9 Å². The number of hydrogen-bond donors (Lipinski definition) is 1. The van der Waals surface area contributed by atoms with Crippen LogP contribution < -0.4 is 14.4 Å². The van der Waals surface area contributed by atoms with E-state index in [0.29, 0.717) is 12.1 Å². The lowest BCUT2D eigenvalue weighted by Crippen LogP contribution is -2.34. The van der Waals surface area contributed by atoms with Crippen LogP contribution in [0.4, 0.5) is 5.69 Å². The van der Waals surface area contributed by atoms with Gasteiger partial charge in [-0.15, -0.1) is 0 Å². The number of hydrogen-bond acceptors (Lipinski definition) is 4. The van der Waals surface area contributed by atoms with Gasteiger partial charge in [-0.1, -0.05) is 79.2 Å². The molecule has 0 aliphatic carbocycles. The minimum absolute atomic E-state index is 0.0804. The summed E-state index contributed by atoms with van der Waals surface area (Å²) in [6.07, 6.45) is 0.662. The number of carbonyl (C=O) groups excluding carboxylic acids is 1. The standard InChI is InChI=1S/C31H32N2O4S/c1-4-29(25-16-18-26(37-3)19-17-25)32-31(34)28-12-8-9-13-30(28)33(22-24-10-6-5-7-11-24)38(35,36)27-20-14-23(2)15-21-27/h5-21,29H,4,22H2,1-3H3,(H,32,34). The van der Waals surface area contributed by atoms with Gasteiger partial charge in [0.15, 0.2) is 0 Å². The summed E-state index contributed by atoms with van der Waals surface area (Å²) in [4.78, 5) is 13.8. The maximum atomic E-state index is 14.0. The molecule has 7 heteroatoms. The minimum atomic E-state index is -3.98. The Labute approximate surface area is 225 Å². The highest BCUT2D eigenvalue weighted by atomic mass is 32.2. The number of ether oxygens (including phenoxy) is 1. The van der Waals surface area contributed by atoms with E-state index in [1.54, 1.807) is 55.6 Å². The van der Waals surface area contributed by atoms with E-state index in [-0.39, 0.29) is 29.0 Å². The average molecular weight is 529 g/mol. The summed E-state index contributed by atoms with van der Waals surface area (Å²) in [5.41, 5.74) is 3.31. The normalized spacial score (nSPS) is 12.0. The molecule has 0 saturated carbocycles. The van der Waals surface area contributed by atoms with Crippen molar-refractivity contribution in [2.75, 3.05) is 11.4 Å². The Morgan fingerprint density at radius 1 is 0.868 bits per heavy atom. The molecule has 0 saturated heterocycles. The molecule has 1 unspecified atom stereocenters. The second-order valence-corrected chi connectivity index (χ2v) is 10.9. The fourth-order valence-electron chi connectivity index (χ4n) is 4.26. The van der Waals surface area contributed by atoms with Crippen LogP contribution in [0.5, 0.6) is 5.75 Å². The number of sulfonamides is 1. The van der Waals surface area contributed by atoms with Crippen molar-refractivity contribution in [1.29, 1.82) is 0 Å². The van der Waals surface area contributed by atoms with E-state index in [0.717, 1.165) is 22.4 Å². The number of carbonyl (C=O) groups is 1. The first-order chi connectivity index (χ1) is 18.3. The molecule has 4 aromatic carbocycles. The summed E-state index contributed by atoms with van der Waals surface area (Å²) in [6, 6.07) is 30.2. The molecule has 4 rings (SSSR count). The van der Waals surface area contributed by atoms with E-state index in [1.807, 2.05) is 68.4 Å². The van der Waals surface area contributed by atoms with E-state index < -0.39 is 10.0 Å². The van der Waals surface area contributed by atoms with Gasteiger partial charge in [0.2, 0.25) is 0 Å². The number of rotatable bonds is 10. The molecule has 38 heavy (non-hydrogen) atoms. The molecule has 0 spiro atoms. The largest absolute Gasteiger partial charge is 0.497 e. The summed E-state index contributed by atoms with van der Waals surface area (Å²) in [5, 5.41) is 3.09. The van der Waals surface area contributed by atoms with Gasteiger partial charge in [0.1, 0.15) is 5.75 Å². The Kier molecular flexibility index (Phi) is 8.48. The zero-order chi connectivity index (χ0) is 27.1. The molecule has 6 nitrogen and oxygen atoms in total. The van der Waals surface area contributed by atoms with Gasteiger partial charge in [0, 0.05) is 0 Å². The molecule has 0 aliphatic rings. The number of aryl methyl sites for hydroxylation is 1. The van der Waals surface area contributed by atoms with Crippen LogP contribution in [-0.4, -0.2) is 21.4 Å². The first-order valence-corrected chi connectivity index (χ1v) is 13.9. The number of methoxy groups -OCH3 is 1. The molecule has 4 aromatic rings. The quantitative estimate of drug-likeness (QED) is 0.263. The van der Waals surface area contributed by atoms with Crippen molar-refractivity contribution in [2.24, 2.45) is 0 Å². The van der Waals surface area contributed by atoms with Gasteiger partial charge in [-0.25, -0.2) is 8.42 Å². The Morgan fingerprint density at radius 3 is 2.13 bits per heavy atom. The Bertz CT molecular complexity index is 1470. The lowest BCUT2D eigenvalue weighted by Gasteiger charge is -2.27. The number of nitrogens with one attached hydrogen (secondary N) is 1. The first kappa shape index (κ1) is 26.9. The number of amides is 1. The number of nitrogens with zero attached hydrogens (tertiary/aromatic N) is 1. The van der Waals surface area contributed by atoms with Crippen LogP contribution in [0, 0.1) is 6.92 Å². The highest BCUT2D eigenvalue weighted by molar-refractivity contribution is 7.92. The maximum Gasteiger partial charge on any atom is 0.264 e. The van der Waals surface area contributed by atoms with E-state index in [9.17, 15) is 13.2 Å². The molecule has 1 atom stereocenters. The zero-order valence-corrected chi connectivity index (χ0v) is 22.6. The summed E-state index contributed by atoms with van der Waals surface area (Å²) in [6.45, 7) is 3.98. The van der Waals surface area contributed by atoms with Crippen molar-refractivity contribution in [3.63, 3.8) is 0 Å². The third-order valence-electron chi connectivity index (χ3n) is 6.43. The van der Waals surface area contributed by atoms with Crippen LogP contribution in [0.25, 0.3) is 0 Å². The molecule has 0 aromatic heterocycles. The summed E-state index contributed by atoms with van der Waals surface area (Å²) in [5.74, 6) is 0.388. The van der Waals surface area contributed by atoms with Crippen molar-refractivity contribution in [3.8, 4) is 5.75 Å². The molecule has 1 N–H and O–H groups in total. The molecule has 196 valence electrons. The number of benzene rings is 4. The fourth-order valence-corrected chi connectivity index (χ4v) is 5.73. The van der Waals surface area contributed by atoms with Gasteiger partial charge in [-0.2, -0.15) is 0 Å². The van der Waals surface area contributed by atoms with Crippen molar-refractivity contribution in [3.05, 3.63) is 125 Å². The van der Waals surface area contributed by atoms with E-state index in [1.165, 1.54) is 4.31 Å². The zero-order valence-electron chi connectivity index (χ0n) is 21.8. The van der Waals surface area contributed by atoms with Crippen molar-refractivity contribution in [1.82, 2.24) is 5.32 Å². The molecule has 0 bridgehead atoms. The second-order valence-electron chi connectivity index (χ2n) is 9.03. The topological polar surface area (TPSA) is 75.7 Å². The predicted octanol–water partition coefficient (Wildman–Crippen LogP) is 6.28. The van der Waals surface area contributed by atoms with Gasteiger partial charge in [0.05, 0.1) is 35.8 Å². The van der Waals surface area contributed by atoms with Crippen LogP contribution in [0.3, 0.4) is 0 Å². The van der Waals surface area contributed by atoms with Crippen molar-refractivity contribution >= 4 is 21.6 Å². The second kappa shape index (κ2) is 12.0. The van der Waals surface area contributed by atoms with Crippen molar-refractivity contribution < 1.29 is 17.9 Å². The lowest BCUT2D eigenvalue weighted by molar-refractivity contribution is 0.0936. The Balaban J connectivity index is 1.73. The molecule has 0 heterocycles. The molecule has 0 radical (unpaired) electrons. The Hall–Kier alpha value is -4.10. The third kappa shape index (κ3) is 6.06. The SMILES string of the molecule is CCC(NC(=O)c1ccccc1N(Cc1ccccc1)S(=O)(=O)c1ccc(C)cc1)c1ccc(OC)cc1. The van der Waals surface area contributed by atoms with Crippen LogP contribution >= 0.6 is 0 Å². The predicted molar refractivity (Wildman–Crippen MR) is 151 cm³/mol. The smallest absolute Gasteiger partial charge is 0.264 e. The van der Waals surface area contributed by atoms with E-state index in [4.69, 9.17) is 4.74 Å². The molecule has 0 fully saturated rings. The summed E-state index contributed by atoms with van der Waals surface area (Å²) >= 11 is 0. The van der Waals surface area contributed by atoms with E-state index >= 15 is 0 Å². The van der Waals surface area contributed by atoms with Crippen molar-refractivity contribution in [2.45, 2.75) is 37.8 Å². The van der Waals surface area contributed by atoms with Gasteiger partial charge >= 0.3 is 0 Å². The highest BCUT2D eigenvalue weighted by Crippen LogP contribution is 2.30. The number of para-hydroxylation sites is 1. The summed E-state index contributed by atoms with van der Waals surface area (Å²) in [7, 11) is -2.37. The fraction of sp³-hybridized carbons (Fsp3) is 0.194. The van der Waals surface area contributed by atoms with Gasteiger partial charge in [0.25, 0.3) is 15.9 Å². The third-order valence-corrected chi connectivity index (χ3v) is 8.20. The van der Waals surface area contributed by atoms with Crippen LogP contribution in [0.1, 0.15) is 46.4 Å². The maximum absolute atomic E-state index is 14.0. The van der Waals surface area contributed by atoms with Crippen LogP contribution in [0.2, 0.25) is 0 Å². The first-order valence-electron chi connectivity index (χ1n) is 12.5. The summed E-state index contributed by atoms with van der Waals surface area (Å²) < 4.78 is 34.5. The Morgan fingerprint density at radius 2 is 1.50 bits per heavy atom. The molecular weight excluding hydrogens is 496 g/mol. The van der Waals surface area contributed by atoms with Crippen LogP contribution in [0.15, 0.2) is 108 Å². The van der Waals surface area contributed by atoms with Crippen LogP contribution in [-0.2, 0) is 16.6 Å². The van der Waals surface area contributed by atoms with E-state index in [2.05, 4.69) is 5.32 Å². The molecule has 1 amide bonds. The number of anilines is 1. The minimum Gasteiger partial charge on any atom is -0.497 e. The molecular formula is C31H32N2O4S. The molecule has 0 aliphatic heterocycles. The lowest BCUT2D eigenvalue weighted by atomic mass is 10.0. The average Bonchev–Trinajstić information content (AvgIpc) is 2.95. The highest BCUT2D eigenvalue weighted by Gasteiger charge is 2.29.